The Kier molecular flexibility index (Phi) is 9.23. The Morgan fingerprint density at radius 3 is 2.30 bits per heavy atom. The molecule has 0 fully saturated rings. The molecule has 0 radical (unpaired) electrons. The highest BCUT2D eigenvalue weighted by molar-refractivity contribution is 6.30. The van der Waals surface area contributed by atoms with Crippen LogP contribution >= 0.6 is 11.6 Å². The predicted octanol–water partition coefficient (Wildman–Crippen LogP) is 1.75. The van der Waals surface area contributed by atoms with Crippen molar-refractivity contribution in [2.75, 3.05) is 46.8 Å². The Morgan fingerprint density at radius 1 is 1.00 bits per heavy atom. The fraction of sp³-hybridized carbons (Fsp3) is 0.692. The van der Waals surface area contributed by atoms with Gasteiger partial charge in [0.15, 0.2) is 0 Å². The smallest absolute Gasteiger partial charge is 0.221 e. The summed E-state index contributed by atoms with van der Waals surface area (Å²) in [5.41, 5.74) is 0.817. The van der Waals surface area contributed by atoms with Gasteiger partial charge in [0.2, 0.25) is 5.88 Å². The zero-order chi connectivity index (χ0) is 14.6. The van der Waals surface area contributed by atoms with Crippen molar-refractivity contribution >= 4 is 11.6 Å². The van der Waals surface area contributed by atoms with Crippen molar-refractivity contribution in [3.05, 3.63) is 17.0 Å². The number of ether oxygens (including phenoxy) is 4. The average Bonchev–Trinajstić information content (AvgIpc) is 2.45. The van der Waals surface area contributed by atoms with Crippen LogP contribution in [0.25, 0.3) is 0 Å². The second-order valence-corrected chi connectivity index (χ2v) is 4.23. The van der Waals surface area contributed by atoms with E-state index in [1.807, 2.05) is 6.92 Å². The summed E-state index contributed by atoms with van der Waals surface area (Å²) in [6.45, 7) is 5.11. The summed E-state index contributed by atoms with van der Waals surface area (Å²) in [6, 6.07) is 0. The normalized spacial score (nSPS) is 10.8. The SMILES string of the molecule is CCc1c(Cl)ncnc1OCCOCCOCCOC. The third kappa shape index (κ3) is 6.47. The lowest BCUT2D eigenvalue weighted by Gasteiger charge is -2.10. The largest absolute Gasteiger partial charge is 0.475 e. The maximum Gasteiger partial charge on any atom is 0.221 e. The monoisotopic (exact) mass is 304 g/mol. The zero-order valence-electron chi connectivity index (χ0n) is 11.9. The predicted molar refractivity (Wildman–Crippen MR) is 75.4 cm³/mol. The molecule has 0 spiro atoms. The lowest BCUT2D eigenvalue weighted by atomic mass is 10.2. The number of rotatable bonds is 11. The van der Waals surface area contributed by atoms with E-state index in [1.54, 1.807) is 7.11 Å². The van der Waals surface area contributed by atoms with Gasteiger partial charge in [-0.05, 0) is 6.42 Å². The van der Waals surface area contributed by atoms with E-state index in [9.17, 15) is 0 Å². The minimum absolute atomic E-state index is 0.415. The van der Waals surface area contributed by atoms with Crippen molar-refractivity contribution in [1.82, 2.24) is 9.97 Å². The molecule has 0 saturated carbocycles. The van der Waals surface area contributed by atoms with Gasteiger partial charge in [-0.15, -0.1) is 0 Å². The molecule has 1 rings (SSSR count). The summed E-state index contributed by atoms with van der Waals surface area (Å²) < 4.78 is 21.0. The third-order valence-electron chi connectivity index (χ3n) is 2.48. The molecule has 0 saturated heterocycles. The minimum Gasteiger partial charge on any atom is -0.475 e. The molecule has 1 aromatic heterocycles. The van der Waals surface area contributed by atoms with Crippen LogP contribution in [0, 0.1) is 0 Å². The van der Waals surface area contributed by atoms with E-state index in [-0.39, 0.29) is 0 Å². The number of methoxy groups -OCH3 is 1. The fourth-order valence-corrected chi connectivity index (χ4v) is 1.72. The molecule has 0 bridgehead atoms. The summed E-state index contributed by atoms with van der Waals surface area (Å²) in [5, 5.41) is 0.435. The van der Waals surface area contributed by atoms with Crippen LogP contribution in [-0.2, 0) is 20.6 Å². The molecule has 1 heterocycles. The average molecular weight is 305 g/mol. The molecule has 0 aliphatic rings. The first-order valence-corrected chi connectivity index (χ1v) is 6.94. The topological polar surface area (TPSA) is 62.7 Å². The van der Waals surface area contributed by atoms with Gasteiger partial charge in [0.05, 0.1) is 38.6 Å². The van der Waals surface area contributed by atoms with E-state index in [0.717, 1.165) is 12.0 Å². The van der Waals surface area contributed by atoms with Crippen LogP contribution in [0.5, 0.6) is 5.88 Å². The van der Waals surface area contributed by atoms with Gasteiger partial charge in [-0.3, -0.25) is 0 Å². The van der Waals surface area contributed by atoms with Crippen LogP contribution in [0.3, 0.4) is 0 Å². The van der Waals surface area contributed by atoms with E-state index in [2.05, 4.69) is 9.97 Å². The van der Waals surface area contributed by atoms with Gasteiger partial charge in [0.1, 0.15) is 18.1 Å². The molecule has 0 aliphatic carbocycles. The van der Waals surface area contributed by atoms with E-state index in [1.165, 1.54) is 6.33 Å². The third-order valence-corrected chi connectivity index (χ3v) is 2.80. The number of hydrogen-bond acceptors (Lipinski definition) is 6. The highest BCUT2D eigenvalue weighted by atomic mass is 35.5. The molecule has 20 heavy (non-hydrogen) atoms. The lowest BCUT2D eigenvalue weighted by molar-refractivity contribution is 0.0176. The first-order valence-electron chi connectivity index (χ1n) is 6.56. The molecular weight excluding hydrogens is 284 g/mol. The molecule has 0 atom stereocenters. The number of nitrogens with zero attached hydrogens (tertiary/aromatic N) is 2. The van der Waals surface area contributed by atoms with Crippen molar-refractivity contribution in [3.8, 4) is 5.88 Å². The standard InChI is InChI=1S/C13H21ClN2O4/c1-3-11-12(14)15-10-16-13(11)20-9-8-19-7-6-18-5-4-17-2/h10H,3-9H2,1-2H3. The molecular formula is C13H21ClN2O4. The Hall–Kier alpha value is -0.950. The Balaban J connectivity index is 2.11. The van der Waals surface area contributed by atoms with Crippen LogP contribution in [0.1, 0.15) is 12.5 Å². The molecule has 114 valence electrons. The van der Waals surface area contributed by atoms with Crippen LogP contribution in [0.2, 0.25) is 5.15 Å². The number of halogens is 1. The molecule has 0 unspecified atom stereocenters. The Bertz CT molecular complexity index is 379. The van der Waals surface area contributed by atoms with Crippen LogP contribution in [0.15, 0.2) is 6.33 Å². The van der Waals surface area contributed by atoms with Crippen LogP contribution in [-0.4, -0.2) is 56.7 Å². The zero-order valence-corrected chi connectivity index (χ0v) is 12.7. The summed E-state index contributed by atoms with van der Waals surface area (Å²) in [5.74, 6) is 0.521. The molecule has 0 N–H and O–H groups in total. The maximum absolute atomic E-state index is 5.96. The van der Waals surface area contributed by atoms with Gasteiger partial charge >= 0.3 is 0 Å². The van der Waals surface area contributed by atoms with Crippen molar-refractivity contribution in [3.63, 3.8) is 0 Å². The first-order chi connectivity index (χ1) is 9.79. The molecule has 7 heteroatoms. The molecule has 1 aromatic rings. The Labute approximate surface area is 124 Å². The summed E-state index contributed by atoms with van der Waals surface area (Å²) in [7, 11) is 1.64. The quantitative estimate of drug-likeness (QED) is 0.458. The fourth-order valence-electron chi connectivity index (χ4n) is 1.46. The van der Waals surface area contributed by atoms with Crippen LogP contribution in [0.4, 0.5) is 0 Å². The maximum atomic E-state index is 5.96. The molecule has 6 nitrogen and oxygen atoms in total. The van der Waals surface area contributed by atoms with E-state index >= 15 is 0 Å². The highest BCUT2D eigenvalue weighted by Crippen LogP contribution is 2.21. The first kappa shape index (κ1) is 17.1. The number of aromatic nitrogens is 2. The minimum atomic E-state index is 0.415. The van der Waals surface area contributed by atoms with Crippen molar-refractivity contribution in [2.24, 2.45) is 0 Å². The van der Waals surface area contributed by atoms with E-state index < -0.39 is 0 Å². The molecule has 0 amide bonds. The van der Waals surface area contributed by atoms with E-state index in [0.29, 0.717) is 50.7 Å². The van der Waals surface area contributed by atoms with Gasteiger partial charge in [-0.1, -0.05) is 18.5 Å². The summed E-state index contributed by atoms with van der Waals surface area (Å²) in [4.78, 5) is 7.99. The number of hydrogen-bond donors (Lipinski definition) is 0. The second-order valence-electron chi connectivity index (χ2n) is 3.87. The highest BCUT2D eigenvalue weighted by Gasteiger charge is 2.08. The lowest BCUT2D eigenvalue weighted by Crippen LogP contribution is -2.13. The molecule has 0 aliphatic heterocycles. The van der Waals surface area contributed by atoms with Gasteiger partial charge in [0, 0.05) is 7.11 Å². The Morgan fingerprint density at radius 2 is 1.65 bits per heavy atom. The van der Waals surface area contributed by atoms with Crippen molar-refractivity contribution in [2.45, 2.75) is 13.3 Å². The van der Waals surface area contributed by atoms with E-state index in [4.69, 9.17) is 30.5 Å². The van der Waals surface area contributed by atoms with Gasteiger partial charge in [-0.25, -0.2) is 9.97 Å². The van der Waals surface area contributed by atoms with Crippen molar-refractivity contribution < 1.29 is 18.9 Å². The van der Waals surface area contributed by atoms with Crippen LogP contribution < -0.4 is 4.74 Å². The second kappa shape index (κ2) is 10.8. The molecule has 0 aromatic carbocycles. The van der Waals surface area contributed by atoms with Gasteiger partial charge in [-0.2, -0.15) is 0 Å². The van der Waals surface area contributed by atoms with Gasteiger partial charge < -0.3 is 18.9 Å². The summed E-state index contributed by atoms with van der Waals surface area (Å²) >= 11 is 5.96. The van der Waals surface area contributed by atoms with Gasteiger partial charge in [0.25, 0.3) is 0 Å². The summed E-state index contributed by atoms with van der Waals surface area (Å²) in [6.07, 6.45) is 2.12. The van der Waals surface area contributed by atoms with Crippen molar-refractivity contribution in [1.29, 1.82) is 0 Å².